The number of carbonyl (C=O) groups is 3. The van der Waals surface area contributed by atoms with Gasteiger partial charge in [-0.05, 0) is 25.1 Å². The highest BCUT2D eigenvalue weighted by molar-refractivity contribution is 9.10. The molecule has 1 aliphatic heterocycles. The summed E-state index contributed by atoms with van der Waals surface area (Å²) in [5.41, 5.74) is -0.163. The third-order valence-corrected chi connectivity index (χ3v) is 5.06. The minimum absolute atomic E-state index is 0.400. The molecule has 0 bridgehead atoms. The second kappa shape index (κ2) is 7.40. The number of ether oxygens (including phenoxy) is 1. The molecular weight excluding hydrogens is 414 g/mol. The van der Waals surface area contributed by atoms with Crippen molar-refractivity contribution >= 4 is 39.5 Å². The third-order valence-electron chi connectivity index (χ3n) is 4.37. The fourth-order valence-electron chi connectivity index (χ4n) is 2.97. The summed E-state index contributed by atoms with van der Waals surface area (Å²) in [5.74, 6) is -0.505. The van der Waals surface area contributed by atoms with E-state index in [1.54, 1.807) is 49.4 Å². The van der Waals surface area contributed by atoms with E-state index in [-0.39, 0.29) is 0 Å². The summed E-state index contributed by atoms with van der Waals surface area (Å²) in [4.78, 5) is 38.6. The highest BCUT2D eigenvalue weighted by Gasteiger charge is 2.50. The van der Waals surface area contributed by atoms with Crippen LogP contribution in [0.2, 0.25) is 0 Å². The minimum Gasteiger partial charge on any atom is -0.495 e. The molecule has 0 unspecified atom stereocenters. The Morgan fingerprint density at radius 1 is 1.19 bits per heavy atom. The number of halogens is 1. The minimum atomic E-state index is -1.25. The van der Waals surface area contributed by atoms with Crippen LogP contribution < -0.4 is 15.4 Å². The fourth-order valence-corrected chi connectivity index (χ4v) is 3.65. The van der Waals surface area contributed by atoms with Crippen molar-refractivity contribution in [3.63, 3.8) is 0 Å². The Morgan fingerprint density at radius 2 is 1.85 bits per heavy atom. The first-order valence-corrected chi connectivity index (χ1v) is 8.98. The Kier molecular flexibility index (Phi) is 5.18. The molecule has 7 nitrogen and oxygen atoms in total. The number of methoxy groups -OCH3 is 1. The molecule has 0 aromatic heterocycles. The third kappa shape index (κ3) is 3.52. The SMILES string of the molecule is COc1ccccc1NC(=O)CN1C(=O)N[C@](C)(c2ccccc2Br)C1=O. The van der Waals surface area contributed by atoms with Crippen molar-refractivity contribution in [3.05, 3.63) is 58.6 Å². The van der Waals surface area contributed by atoms with Crippen LogP contribution >= 0.6 is 15.9 Å². The van der Waals surface area contributed by atoms with Gasteiger partial charge in [0.1, 0.15) is 17.8 Å². The van der Waals surface area contributed by atoms with Gasteiger partial charge in [0.25, 0.3) is 5.91 Å². The van der Waals surface area contributed by atoms with Crippen molar-refractivity contribution < 1.29 is 19.1 Å². The monoisotopic (exact) mass is 431 g/mol. The molecule has 8 heteroatoms. The number of nitrogens with zero attached hydrogens (tertiary/aromatic N) is 1. The Morgan fingerprint density at radius 3 is 2.56 bits per heavy atom. The average molecular weight is 432 g/mol. The van der Waals surface area contributed by atoms with Gasteiger partial charge in [-0.3, -0.25) is 14.5 Å². The number of nitrogens with one attached hydrogen (secondary N) is 2. The molecule has 0 spiro atoms. The molecule has 2 N–H and O–H groups in total. The smallest absolute Gasteiger partial charge is 0.325 e. The van der Waals surface area contributed by atoms with Gasteiger partial charge in [0.05, 0.1) is 12.8 Å². The average Bonchev–Trinajstić information content (AvgIpc) is 2.86. The van der Waals surface area contributed by atoms with E-state index in [4.69, 9.17) is 4.74 Å². The van der Waals surface area contributed by atoms with E-state index in [2.05, 4.69) is 26.6 Å². The van der Waals surface area contributed by atoms with Gasteiger partial charge in [-0.25, -0.2) is 4.79 Å². The van der Waals surface area contributed by atoms with Crippen LogP contribution in [0.25, 0.3) is 0 Å². The van der Waals surface area contributed by atoms with E-state index in [1.807, 2.05) is 6.07 Å². The first-order chi connectivity index (χ1) is 12.9. The molecule has 0 radical (unpaired) electrons. The summed E-state index contributed by atoms with van der Waals surface area (Å²) < 4.78 is 5.88. The van der Waals surface area contributed by atoms with Crippen LogP contribution in [0.5, 0.6) is 5.75 Å². The fraction of sp³-hybridized carbons (Fsp3) is 0.211. The summed E-state index contributed by atoms with van der Waals surface area (Å²) >= 11 is 3.40. The summed E-state index contributed by atoms with van der Waals surface area (Å²) in [5, 5.41) is 5.34. The van der Waals surface area contributed by atoms with Crippen LogP contribution in [0.1, 0.15) is 12.5 Å². The van der Waals surface area contributed by atoms with Crippen LogP contribution in [0.4, 0.5) is 10.5 Å². The Hall–Kier alpha value is -2.87. The molecule has 0 aliphatic carbocycles. The Labute approximate surface area is 164 Å². The quantitative estimate of drug-likeness (QED) is 0.712. The van der Waals surface area contributed by atoms with E-state index in [0.717, 1.165) is 4.90 Å². The molecule has 4 amide bonds. The summed E-state index contributed by atoms with van der Waals surface area (Å²) in [6.07, 6.45) is 0. The lowest BCUT2D eigenvalue weighted by Crippen LogP contribution is -2.42. The van der Waals surface area contributed by atoms with Crippen molar-refractivity contribution in [2.75, 3.05) is 19.0 Å². The van der Waals surface area contributed by atoms with Gasteiger partial charge in [0.15, 0.2) is 0 Å². The number of benzene rings is 2. The largest absolute Gasteiger partial charge is 0.495 e. The normalized spacial score (nSPS) is 19.0. The number of anilines is 1. The van der Waals surface area contributed by atoms with Gasteiger partial charge >= 0.3 is 6.03 Å². The van der Waals surface area contributed by atoms with E-state index in [9.17, 15) is 14.4 Å². The zero-order valence-corrected chi connectivity index (χ0v) is 16.4. The molecule has 1 aliphatic rings. The molecule has 1 heterocycles. The number of rotatable bonds is 5. The van der Waals surface area contributed by atoms with Gasteiger partial charge in [-0.1, -0.05) is 46.3 Å². The van der Waals surface area contributed by atoms with E-state index in [0.29, 0.717) is 21.5 Å². The molecule has 3 rings (SSSR count). The maximum absolute atomic E-state index is 12.9. The maximum atomic E-state index is 12.9. The van der Waals surface area contributed by atoms with Gasteiger partial charge in [-0.2, -0.15) is 0 Å². The van der Waals surface area contributed by atoms with Gasteiger partial charge < -0.3 is 15.4 Å². The highest BCUT2D eigenvalue weighted by Crippen LogP contribution is 2.33. The molecule has 27 heavy (non-hydrogen) atoms. The first kappa shape index (κ1) is 18.9. The van der Waals surface area contributed by atoms with E-state index in [1.165, 1.54) is 7.11 Å². The zero-order valence-electron chi connectivity index (χ0n) is 14.8. The number of carbonyl (C=O) groups excluding carboxylic acids is 3. The number of hydrogen-bond acceptors (Lipinski definition) is 4. The Balaban J connectivity index is 1.78. The van der Waals surface area contributed by atoms with Gasteiger partial charge in [0, 0.05) is 10.0 Å². The molecule has 0 saturated carbocycles. The molecule has 2 aromatic carbocycles. The summed E-state index contributed by atoms with van der Waals surface area (Å²) in [6.45, 7) is 1.22. The first-order valence-electron chi connectivity index (χ1n) is 8.19. The lowest BCUT2D eigenvalue weighted by molar-refractivity contribution is -0.133. The molecular formula is C19H18BrN3O4. The summed E-state index contributed by atoms with van der Waals surface area (Å²) in [6, 6.07) is 13.4. The van der Waals surface area contributed by atoms with Crippen LogP contribution in [-0.2, 0) is 15.1 Å². The number of imide groups is 1. The second-order valence-corrected chi connectivity index (χ2v) is 7.03. The number of para-hydroxylation sites is 2. The topological polar surface area (TPSA) is 87.7 Å². The molecule has 1 saturated heterocycles. The summed E-state index contributed by atoms with van der Waals surface area (Å²) in [7, 11) is 1.49. The van der Waals surface area contributed by atoms with Crippen LogP contribution in [0.3, 0.4) is 0 Å². The van der Waals surface area contributed by atoms with Crippen molar-refractivity contribution in [1.29, 1.82) is 0 Å². The predicted octanol–water partition coefficient (Wildman–Crippen LogP) is 2.86. The van der Waals surface area contributed by atoms with Crippen molar-refractivity contribution in [2.24, 2.45) is 0 Å². The molecule has 1 atom stereocenters. The predicted molar refractivity (Wildman–Crippen MR) is 103 cm³/mol. The van der Waals surface area contributed by atoms with Crippen molar-refractivity contribution in [3.8, 4) is 5.75 Å². The van der Waals surface area contributed by atoms with E-state index < -0.39 is 29.9 Å². The molecule has 1 fully saturated rings. The number of hydrogen-bond donors (Lipinski definition) is 2. The van der Waals surface area contributed by atoms with Gasteiger partial charge in [0.2, 0.25) is 5.91 Å². The lowest BCUT2D eigenvalue weighted by Gasteiger charge is -2.23. The molecule has 140 valence electrons. The van der Waals surface area contributed by atoms with Crippen LogP contribution in [0, 0.1) is 0 Å². The second-order valence-electron chi connectivity index (χ2n) is 6.17. The van der Waals surface area contributed by atoms with Crippen LogP contribution in [0.15, 0.2) is 53.0 Å². The van der Waals surface area contributed by atoms with Gasteiger partial charge in [-0.15, -0.1) is 0 Å². The maximum Gasteiger partial charge on any atom is 0.325 e. The number of amides is 4. The number of urea groups is 1. The lowest BCUT2D eigenvalue weighted by atomic mass is 9.92. The highest BCUT2D eigenvalue weighted by atomic mass is 79.9. The standard InChI is InChI=1S/C19H18BrN3O4/c1-19(12-7-3-4-8-13(12)20)17(25)23(18(26)22-19)11-16(24)21-14-9-5-6-10-15(14)27-2/h3-10H,11H2,1-2H3,(H,21,24)(H,22,26)/t19-/m1/s1. The zero-order chi connectivity index (χ0) is 19.6. The van der Waals surface area contributed by atoms with Crippen LogP contribution in [-0.4, -0.2) is 36.4 Å². The molecule has 2 aromatic rings. The Bertz CT molecular complexity index is 917. The van der Waals surface area contributed by atoms with Crippen molar-refractivity contribution in [2.45, 2.75) is 12.5 Å². The van der Waals surface area contributed by atoms with Crippen molar-refractivity contribution in [1.82, 2.24) is 10.2 Å². The van der Waals surface area contributed by atoms with E-state index >= 15 is 0 Å².